The highest BCUT2D eigenvalue weighted by atomic mass is 32.1. The molecule has 0 N–H and O–H groups in total. The lowest BCUT2D eigenvalue weighted by atomic mass is 9.33. The Morgan fingerprint density at radius 3 is 1.05 bits per heavy atom. The summed E-state index contributed by atoms with van der Waals surface area (Å²) in [5.74, 6) is 0. The molecule has 1 aromatic heterocycles. The minimum atomic E-state index is -0.319. The number of thiophene rings is 1. The van der Waals surface area contributed by atoms with Crippen LogP contribution in [0, 0.1) is 0 Å². The zero-order chi connectivity index (χ0) is 73.3. The minimum Gasteiger partial charge on any atom is -0.310 e. The molecule has 2 aliphatic heterocycles. The number of benzene rings is 16. The lowest BCUT2D eigenvalue weighted by Crippen LogP contribution is -2.61. The number of rotatable bonds is 10. The highest BCUT2D eigenvalue weighted by Gasteiger charge is 2.47. The average Bonchev–Trinajstić information content (AvgIpc) is 0.748. The Kier molecular flexibility index (Phi) is 16.0. The van der Waals surface area contributed by atoms with Crippen LogP contribution in [0.15, 0.2) is 340 Å². The molecule has 0 fully saturated rings. The standard InChI is InChI=1S/C104H83BN2S/c1-102(2,3)76-60-83(66-32-16-10-17-33-66)100(84(61-76)67-34-18-11-19-35-67)106-91-54-50-74(73-51-55-96-87(56-73)79-44-30-31-47-95(79)108-96)58-90(91)105-89-53-49-75(72-48-52-82-88(57-72)98(71-42-26-15-27-43-71)81-46-29-28-45-80(81)97(82)70-40-24-14-25-41-70)59-92(89)107(94-65-78(104(7,8)9)64-93(106)99(94)105)101-85(68-36-20-12-21-37-68)62-77(103(4,5)6)63-86(101)69-38-22-13-23-39-69/h10-65H,1-9H3. The van der Waals surface area contributed by atoms with Gasteiger partial charge in [-0.2, -0.15) is 0 Å². The maximum Gasteiger partial charge on any atom is 0.252 e. The SMILES string of the molecule is CC(C)(C)c1cc(-c2ccccc2)c(N2c3ccc(-c4ccc5sc6ccccc6c5c4)cc3B3c4ccc(-c5ccc6c(-c7ccccc7)c7ccccc7c(-c7ccccc7)c6c5)cc4N(c4c(-c5ccccc5)cc(C(C)(C)C)cc4-c4ccccc4)c4cc(C(C)(C)C)cc2c43)c(-c2ccccc2)c1. The van der Waals surface area contributed by atoms with Crippen molar-refractivity contribution in [3.05, 3.63) is 356 Å². The predicted octanol–water partition coefficient (Wildman–Crippen LogP) is 27.7. The van der Waals surface area contributed by atoms with Gasteiger partial charge in [-0.1, -0.05) is 329 Å². The van der Waals surface area contributed by atoms with E-state index in [0.29, 0.717) is 0 Å². The number of hydrogen-bond acceptors (Lipinski definition) is 3. The average molecular weight is 1400 g/mol. The fourth-order valence-corrected chi connectivity index (χ4v) is 18.4. The van der Waals surface area contributed by atoms with Gasteiger partial charge in [0.25, 0.3) is 6.71 Å². The van der Waals surface area contributed by atoms with Crippen molar-refractivity contribution < 1.29 is 0 Å². The number of nitrogens with zero attached hydrogens (tertiary/aromatic N) is 2. The van der Waals surface area contributed by atoms with Gasteiger partial charge in [-0.25, -0.2) is 0 Å². The summed E-state index contributed by atoms with van der Waals surface area (Å²) in [6.07, 6.45) is 0. The zero-order valence-corrected chi connectivity index (χ0v) is 63.5. The third-order valence-electron chi connectivity index (χ3n) is 22.9. The van der Waals surface area contributed by atoms with Gasteiger partial charge in [-0.15, -0.1) is 11.3 Å². The van der Waals surface area contributed by atoms with Gasteiger partial charge in [0.15, 0.2) is 0 Å². The summed E-state index contributed by atoms with van der Waals surface area (Å²) in [5.41, 5.74) is 32.7. The molecule has 16 aromatic carbocycles. The molecule has 4 heteroatoms. The number of hydrogen-bond donors (Lipinski definition) is 0. The van der Waals surface area contributed by atoms with Crippen molar-refractivity contribution in [3.63, 3.8) is 0 Å². The highest BCUT2D eigenvalue weighted by molar-refractivity contribution is 7.25. The molecule has 3 heterocycles. The Bertz CT molecular complexity index is 6280. The van der Waals surface area contributed by atoms with Gasteiger partial charge in [0.1, 0.15) is 0 Å². The molecule has 17 aromatic rings. The molecule has 0 saturated heterocycles. The second-order valence-electron chi connectivity index (χ2n) is 32.7. The topological polar surface area (TPSA) is 6.48 Å². The van der Waals surface area contributed by atoms with Gasteiger partial charge in [0.2, 0.25) is 0 Å². The second kappa shape index (κ2) is 25.9. The maximum atomic E-state index is 2.75. The van der Waals surface area contributed by atoms with Crippen LogP contribution in [-0.2, 0) is 16.2 Å². The van der Waals surface area contributed by atoms with E-state index < -0.39 is 0 Å². The minimum absolute atomic E-state index is 0.180. The van der Waals surface area contributed by atoms with E-state index in [4.69, 9.17) is 0 Å². The molecule has 0 unspecified atom stereocenters. The van der Waals surface area contributed by atoms with Crippen LogP contribution in [0.3, 0.4) is 0 Å². The van der Waals surface area contributed by atoms with E-state index in [1.807, 2.05) is 11.3 Å². The summed E-state index contributed by atoms with van der Waals surface area (Å²) in [6, 6.07) is 130. The van der Waals surface area contributed by atoms with E-state index in [9.17, 15) is 0 Å². The fraction of sp³-hybridized carbons (Fsp3) is 0.115. The zero-order valence-electron chi connectivity index (χ0n) is 62.7. The molecule has 108 heavy (non-hydrogen) atoms. The Morgan fingerprint density at radius 2 is 0.574 bits per heavy atom. The van der Waals surface area contributed by atoms with Crippen molar-refractivity contribution in [2.75, 3.05) is 9.80 Å². The van der Waals surface area contributed by atoms with Gasteiger partial charge < -0.3 is 9.80 Å². The smallest absolute Gasteiger partial charge is 0.252 e. The first-order valence-corrected chi connectivity index (χ1v) is 39.0. The van der Waals surface area contributed by atoms with Crippen LogP contribution in [0.25, 0.3) is 131 Å². The van der Waals surface area contributed by atoms with Crippen LogP contribution in [0.5, 0.6) is 0 Å². The molecule has 19 rings (SSSR count). The molecule has 0 amide bonds. The third kappa shape index (κ3) is 11.3. The number of fused-ring (bicyclic) bond motifs is 9. The molecule has 518 valence electrons. The summed E-state index contributed by atoms with van der Waals surface area (Å²) < 4.78 is 2.60. The number of anilines is 6. The Hall–Kier alpha value is -12.1. The van der Waals surface area contributed by atoms with Crippen LogP contribution in [0.1, 0.15) is 79.0 Å². The summed E-state index contributed by atoms with van der Waals surface area (Å²) >= 11 is 1.88. The summed E-state index contributed by atoms with van der Waals surface area (Å²) in [7, 11) is 0. The summed E-state index contributed by atoms with van der Waals surface area (Å²) in [6.45, 7) is 21.1. The van der Waals surface area contributed by atoms with Gasteiger partial charge >= 0.3 is 0 Å². The molecule has 0 aliphatic carbocycles. The van der Waals surface area contributed by atoms with Gasteiger partial charge in [0, 0.05) is 65.2 Å². The quantitative estimate of drug-likeness (QED) is 0.0995. The molecule has 0 spiro atoms. The first-order valence-electron chi connectivity index (χ1n) is 38.2. The van der Waals surface area contributed by atoms with Crippen LogP contribution in [-0.4, -0.2) is 6.71 Å². The molecule has 2 aliphatic rings. The van der Waals surface area contributed by atoms with Crippen LogP contribution in [0.4, 0.5) is 34.1 Å². The lowest BCUT2D eigenvalue weighted by molar-refractivity contribution is 0.590. The molecular formula is C104H83BN2S. The van der Waals surface area contributed by atoms with E-state index in [2.05, 4.69) is 412 Å². The van der Waals surface area contributed by atoms with E-state index in [1.54, 1.807) is 0 Å². The van der Waals surface area contributed by atoms with Crippen LogP contribution >= 0.6 is 11.3 Å². The Morgan fingerprint density at radius 1 is 0.231 bits per heavy atom. The molecule has 0 radical (unpaired) electrons. The summed E-state index contributed by atoms with van der Waals surface area (Å²) in [4.78, 5) is 5.47. The predicted molar refractivity (Wildman–Crippen MR) is 468 cm³/mol. The lowest BCUT2D eigenvalue weighted by Gasteiger charge is -2.47. The van der Waals surface area contributed by atoms with Crippen molar-refractivity contribution >= 4 is 110 Å². The molecule has 2 nitrogen and oxygen atoms in total. The van der Waals surface area contributed by atoms with Crippen molar-refractivity contribution in [1.29, 1.82) is 0 Å². The van der Waals surface area contributed by atoms with Gasteiger partial charge in [-0.05, 0) is 210 Å². The third-order valence-corrected chi connectivity index (χ3v) is 24.0. The van der Waals surface area contributed by atoms with Crippen LogP contribution < -0.4 is 26.2 Å². The van der Waals surface area contributed by atoms with E-state index in [-0.39, 0.29) is 23.0 Å². The van der Waals surface area contributed by atoms with Crippen molar-refractivity contribution in [1.82, 2.24) is 0 Å². The first kappa shape index (κ1) is 66.6. The van der Waals surface area contributed by atoms with E-state index >= 15 is 0 Å². The Balaban J connectivity index is 0.973. The molecule has 0 bridgehead atoms. The van der Waals surface area contributed by atoms with Crippen molar-refractivity contribution in [3.8, 4) is 89.0 Å². The molecule has 0 saturated carbocycles. The largest absolute Gasteiger partial charge is 0.310 e. The van der Waals surface area contributed by atoms with E-state index in [1.165, 1.54) is 147 Å². The van der Waals surface area contributed by atoms with Crippen LogP contribution in [0.2, 0.25) is 0 Å². The first-order chi connectivity index (χ1) is 52.5. The highest BCUT2D eigenvalue weighted by Crippen LogP contribution is 2.56. The monoisotopic (exact) mass is 1400 g/mol. The second-order valence-corrected chi connectivity index (χ2v) is 33.8. The molecule has 0 atom stereocenters. The Labute approximate surface area is 639 Å². The van der Waals surface area contributed by atoms with Crippen molar-refractivity contribution in [2.45, 2.75) is 78.6 Å². The van der Waals surface area contributed by atoms with E-state index in [0.717, 1.165) is 50.7 Å². The van der Waals surface area contributed by atoms with Crippen molar-refractivity contribution in [2.24, 2.45) is 0 Å². The fourth-order valence-electron chi connectivity index (χ4n) is 17.3. The van der Waals surface area contributed by atoms with Gasteiger partial charge in [-0.3, -0.25) is 0 Å². The normalized spacial score (nSPS) is 12.8. The summed E-state index contributed by atoms with van der Waals surface area (Å²) in [5, 5.41) is 7.49. The van der Waals surface area contributed by atoms with Gasteiger partial charge in [0.05, 0.1) is 11.4 Å². The maximum absolute atomic E-state index is 2.75. The molecular weight excluding hydrogens is 1320 g/mol.